The third kappa shape index (κ3) is 2.29. The van der Waals surface area contributed by atoms with E-state index in [9.17, 15) is 4.79 Å². The van der Waals surface area contributed by atoms with Crippen LogP contribution in [0.1, 0.15) is 12.6 Å². The van der Waals surface area contributed by atoms with Crippen LogP contribution in [0.5, 0.6) is 0 Å². The Morgan fingerprint density at radius 2 is 2.24 bits per heavy atom. The summed E-state index contributed by atoms with van der Waals surface area (Å²) in [4.78, 5) is 10.9. The number of para-hydroxylation sites is 1. The van der Waals surface area contributed by atoms with Crippen molar-refractivity contribution in [1.82, 2.24) is 15.1 Å². The van der Waals surface area contributed by atoms with Crippen LogP contribution in [-0.4, -0.2) is 21.7 Å². The van der Waals surface area contributed by atoms with E-state index in [4.69, 9.17) is 5.73 Å². The first-order valence-electron chi connectivity index (χ1n) is 5.53. The summed E-state index contributed by atoms with van der Waals surface area (Å²) in [5.41, 5.74) is 7.20. The molecule has 0 fully saturated rings. The molecule has 1 atom stereocenters. The van der Waals surface area contributed by atoms with E-state index in [2.05, 4.69) is 10.4 Å². The summed E-state index contributed by atoms with van der Waals surface area (Å²) < 4.78 is 1.83. The molecule has 0 aliphatic carbocycles. The Hall–Kier alpha value is -1.88. The minimum atomic E-state index is -0.356. The molecule has 0 spiro atoms. The highest BCUT2D eigenvalue weighted by Gasteiger charge is 2.11. The predicted molar refractivity (Wildman–Crippen MR) is 66.2 cm³/mol. The van der Waals surface area contributed by atoms with Crippen molar-refractivity contribution >= 4 is 16.8 Å². The molecule has 0 aliphatic heterocycles. The van der Waals surface area contributed by atoms with Gasteiger partial charge in [0.05, 0.1) is 17.3 Å². The summed E-state index contributed by atoms with van der Waals surface area (Å²) in [6, 6.07) is 7.64. The summed E-state index contributed by atoms with van der Waals surface area (Å²) in [6.45, 7) is 2.28. The number of fused-ring (bicyclic) bond motifs is 1. The molecule has 0 saturated heterocycles. The maximum atomic E-state index is 10.9. The zero-order valence-corrected chi connectivity index (χ0v) is 9.97. The number of hydrogen-bond donors (Lipinski definition) is 2. The van der Waals surface area contributed by atoms with Crippen LogP contribution in [0.2, 0.25) is 0 Å². The van der Waals surface area contributed by atoms with E-state index in [1.165, 1.54) is 0 Å². The Balaban J connectivity index is 2.22. The van der Waals surface area contributed by atoms with Crippen LogP contribution < -0.4 is 11.1 Å². The van der Waals surface area contributed by atoms with Crippen LogP contribution in [0.15, 0.2) is 24.3 Å². The Labute approximate surface area is 99.6 Å². The van der Waals surface area contributed by atoms with E-state index >= 15 is 0 Å². The first kappa shape index (κ1) is 11.6. The summed E-state index contributed by atoms with van der Waals surface area (Å²) in [5.74, 6) is -0.356. The number of nitrogens with zero attached hydrogens (tertiary/aromatic N) is 2. The molecule has 5 heteroatoms. The van der Waals surface area contributed by atoms with Crippen molar-refractivity contribution in [3.8, 4) is 0 Å². The summed E-state index contributed by atoms with van der Waals surface area (Å²) in [6.07, 6.45) is 0. The molecule has 1 unspecified atom stereocenters. The number of aromatic nitrogens is 2. The molecule has 2 aromatic rings. The minimum absolute atomic E-state index is 0.351. The van der Waals surface area contributed by atoms with Gasteiger partial charge in [0.25, 0.3) is 0 Å². The van der Waals surface area contributed by atoms with Gasteiger partial charge in [-0.05, 0) is 13.0 Å². The van der Waals surface area contributed by atoms with Crippen molar-refractivity contribution in [2.24, 2.45) is 12.8 Å². The van der Waals surface area contributed by atoms with E-state index in [0.29, 0.717) is 6.54 Å². The molecule has 90 valence electrons. The number of aryl methyl sites for hydroxylation is 1. The second-order valence-electron chi connectivity index (χ2n) is 4.09. The van der Waals surface area contributed by atoms with Gasteiger partial charge in [-0.25, -0.2) is 0 Å². The number of amides is 1. The lowest BCUT2D eigenvalue weighted by atomic mass is 10.2. The van der Waals surface area contributed by atoms with E-state index in [0.717, 1.165) is 16.6 Å². The number of benzene rings is 1. The number of carbonyl (C=O) groups is 1. The largest absolute Gasteiger partial charge is 0.368 e. The zero-order valence-electron chi connectivity index (χ0n) is 9.97. The Bertz CT molecular complexity index is 546. The monoisotopic (exact) mass is 232 g/mol. The fraction of sp³-hybridized carbons (Fsp3) is 0.333. The van der Waals surface area contributed by atoms with Gasteiger partial charge in [0.15, 0.2) is 0 Å². The van der Waals surface area contributed by atoms with E-state index in [-0.39, 0.29) is 11.9 Å². The average Bonchev–Trinajstić information content (AvgIpc) is 2.64. The molecule has 1 amide bonds. The molecule has 1 aromatic heterocycles. The van der Waals surface area contributed by atoms with Gasteiger partial charge in [-0.1, -0.05) is 18.2 Å². The smallest absolute Gasteiger partial charge is 0.234 e. The van der Waals surface area contributed by atoms with Crippen LogP contribution >= 0.6 is 0 Å². The molecule has 0 saturated carbocycles. The van der Waals surface area contributed by atoms with E-state index in [1.807, 2.05) is 36.0 Å². The van der Waals surface area contributed by atoms with Crippen molar-refractivity contribution < 1.29 is 4.79 Å². The Morgan fingerprint density at radius 3 is 2.94 bits per heavy atom. The van der Waals surface area contributed by atoms with E-state index < -0.39 is 0 Å². The van der Waals surface area contributed by atoms with Gasteiger partial charge in [-0.15, -0.1) is 0 Å². The van der Waals surface area contributed by atoms with E-state index in [1.54, 1.807) is 6.92 Å². The lowest BCUT2D eigenvalue weighted by Gasteiger charge is -2.08. The SMILES string of the molecule is CC(NCc1nn(C)c2ccccc12)C(N)=O. The van der Waals surface area contributed by atoms with Gasteiger partial charge in [0, 0.05) is 19.0 Å². The van der Waals surface area contributed by atoms with Gasteiger partial charge in [0.2, 0.25) is 5.91 Å². The Kier molecular flexibility index (Phi) is 3.10. The first-order chi connectivity index (χ1) is 8.09. The van der Waals surface area contributed by atoms with Crippen molar-refractivity contribution in [2.75, 3.05) is 0 Å². The lowest BCUT2D eigenvalue weighted by molar-refractivity contribution is -0.119. The molecule has 3 N–H and O–H groups in total. The van der Waals surface area contributed by atoms with Crippen molar-refractivity contribution in [3.63, 3.8) is 0 Å². The highest BCUT2D eigenvalue weighted by molar-refractivity contribution is 5.82. The van der Waals surface area contributed by atoms with Crippen LogP contribution in [0, 0.1) is 0 Å². The van der Waals surface area contributed by atoms with Gasteiger partial charge >= 0.3 is 0 Å². The molecule has 17 heavy (non-hydrogen) atoms. The van der Waals surface area contributed by atoms with Crippen molar-refractivity contribution in [1.29, 1.82) is 0 Å². The minimum Gasteiger partial charge on any atom is -0.368 e. The fourth-order valence-corrected chi connectivity index (χ4v) is 1.77. The van der Waals surface area contributed by atoms with Crippen molar-refractivity contribution in [2.45, 2.75) is 19.5 Å². The van der Waals surface area contributed by atoms with Gasteiger partial charge in [-0.2, -0.15) is 5.10 Å². The molecule has 0 aliphatic rings. The maximum absolute atomic E-state index is 10.9. The highest BCUT2D eigenvalue weighted by atomic mass is 16.1. The van der Waals surface area contributed by atoms with Crippen LogP contribution in [0.25, 0.3) is 10.9 Å². The number of carbonyl (C=O) groups excluding carboxylic acids is 1. The molecule has 0 radical (unpaired) electrons. The molecule has 5 nitrogen and oxygen atoms in total. The average molecular weight is 232 g/mol. The number of hydrogen-bond acceptors (Lipinski definition) is 3. The van der Waals surface area contributed by atoms with Crippen LogP contribution in [0.3, 0.4) is 0 Å². The summed E-state index contributed by atoms with van der Waals surface area (Å²) >= 11 is 0. The number of nitrogens with one attached hydrogen (secondary N) is 1. The number of nitrogens with two attached hydrogens (primary N) is 1. The third-order valence-electron chi connectivity index (χ3n) is 2.84. The number of primary amides is 1. The van der Waals surface area contributed by atoms with Gasteiger partial charge in [0.1, 0.15) is 0 Å². The van der Waals surface area contributed by atoms with Crippen LogP contribution in [-0.2, 0) is 18.4 Å². The Morgan fingerprint density at radius 1 is 1.53 bits per heavy atom. The highest BCUT2D eigenvalue weighted by Crippen LogP contribution is 2.17. The maximum Gasteiger partial charge on any atom is 0.234 e. The van der Waals surface area contributed by atoms with Crippen LogP contribution in [0.4, 0.5) is 0 Å². The molecule has 1 aromatic carbocycles. The molecule has 2 rings (SSSR count). The quantitative estimate of drug-likeness (QED) is 0.808. The standard InChI is InChI=1S/C12H16N4O/c1-8(12(13)17)14-7-10-9-5-3-4-6-11(9)16(2)15-10/h3-6,8,14H,7H2,1-2H3,(H2,13,17). The van der Waals surface area contributed by atoms with Gasteiger partial charge in [-0.3, -0.25) is 9.48 Å². The normalized spacial score (nSPS) is 12.8. The second kappa shape index (κ2) is 4.55. The zero-order chi connectivity index (χ0) is 12.4. The molecule has 1 heterocycles. The molecular formula is C12H16N4O. The predicted octanol–water partition coefficient (Wildman–Crippen LogP) is 0.537. The first-order valence-corrected chi connectivity index (χ1v) is 5.53. The second-order valence-corrected chi connectivity index (χ2v) is 4.09. The number of rotatable bonds is 4. The summed E-state index contributed by atoms with van der Waals surface area (Å²) in [7, 11) is 1.91. The topological polar surface area (TPSA) is 72.9 Å². The lowest BCUT2D eigenvalue weighted by Crippen LogP contribution is -2.38. The molecular weight excluding hydrogens is 216 g/mol. The third-order valence-corrected chi connectivity index (χ3v) is 2.84. The van der Waals surface area contributed by atoms with Gasteiger partial charge < -0.3 is 11.1 Å². The molecule has 0 bridgehead atoms. The van der Waals surface area contributed by atoms with Crippen molar-refractivity contribution in [3.05, 3.63) is 30.0 Å². The summed E-state index contributed by atoms with van der Waals surface area (Å²) in [5, 5.41) is 8.57. The fourth-order valence-electron chi connectivity index (χ4n) is 1.77.